The Hall–Kier alpha value is -1.10. The average molecular weight is 313 g/mol. The lowest BCUT2D eigenvalue weighted by molar-refractivity contribution is -0.148. The van der Waals surface area contributed by atoms with Crippen LogP contribution in [0.4, 0.5) is 0 Å². The van der Waals surface area contributed by atoms with Crippen molar-refractivity contribution in [2.24, 2.45) is 0 Å². The Morgan fingerprint density at radius 3 is 2.48 bits per heavy atom. The summed E-state index contributed by atoms with van der Waals surface area (Å²) in [6, 6.07) is 7.35. The summed E-state index contributed by atoms with van der Waals surface area (Å²) in [6.07, 6.45) is 0. The van der Waals surface area contributed by atoms with E-state index in [1.807, 2.05) is 25.1 Å². The highest BCUT2D eigenvalue weighted by molar-refractivity contribution is 6.31. The van der Waals surface area contributed by atoms with E-state index in [4.69, 9.17) is 16.3 Å². The highest BCUT2D eigenvalue weighted by Gasteiger charge is 2.37. The van der Waals surface area contributed by atoms with Gasteiger partial charge in [0.05, 0.1) is 7.11 Å². The van der Waals surface area contributed by atoms with E-state index in [9.17, 15) is 4.79 Å². The van der Waals surface area contributed by atoms with Crippen molar-refractivity contribution >= 4 is 17.6 Å². The fraction of sp³-hybridized carbons (Fsp3) is 0.562. The molecule has 0 aliphatic carbocycles. The molecule has 0 aliphatic heterocycles. The number of carbonyl (C=O) groups excluding carboxylic acids is 1. The monoisotopic (exact) mass is 312 g/mol. The fourth-order valence-corrected chi connectivity index (χ4v) is 2.68. The van der Waals surface area contributed by atoms with Crippen molar-refractivity contribution in [1.29, 1.82) is 0 Å². The van der Waals surface area contributed by atoms with Gasteiger partial charge in [-0.05, 0) is 26.1 Å². The number of nitrogens with zero attached hydrogens (tertiary/aromatic N) is 1. The second-order valence-electron chi connectivity index (χ2n) is 5.05. The summed E-state index contributed by atoms with van der Waals surface area (Å²) in [5, 5.41) is 3.86. The Labute approximate surface area is 132 Å². The summed E-state index contributed by atoms with van der Waals surface area (Å²) in [5.74, 6) is -0.338. The summed E-state index contributed by atoms with van der Waals surface area (Å²) >= 11 is 6.25. The average Bonchev–Trinajstić information content (AvgIpc) is 2.51. The summed E-state index contributed by atoms with van der Waals surface area (Å²) in [6.45, 7) is 9.57. The lowest BCUT2D eigenvalue weighted by atomic mass is 9.92. The molecule has 0 radical (unpaired) electrons. The van der Waals surface area contributed by atoms with E-state index in [1.54, 1.807) is 6.07 Å². The van der Waals surface area contributed by atoms with Crippen LogP contribution in [-0.4, -0.2) is 44.2 Å². The maximum atomic E-state index is 12.2. The number of methoxy groups -OCH3 is 1. The van der Waals surface area contributed by atoms with Gasteiger partial charge in [-0.25, -0.2) is 4.79 Å². The number of hydrogen-bond acceptors (Lipinski definition) is 4. The lowest BCUT2D eigenvalue weighted by Gasteiger charge is -2.30. The normalized spacial score (nSPS) is 14.0. The van der Waals surface area contributed by atoms with E-state index in [0.29, 0.717) is 11.6 Å². The van der Waals surface area contributed by atoms with E-state index < -0.39 is 5.54 Å². The molecule has 1 aromatic carbocycles. The smallest absolute Gasteiger partial charge is 0.330 e. The number of carbonyl (C=O) groups is 1. The molecule has 4 nitrogen and oxygen atoms in total. The Kier molecular flexibility index (Phi) is 7.15. The number of ether oxygens (including phenoxy) is 1. The van der Waals surface area contributed by atoms with E-state index in [0.717, 1.165) is 25.2 Å². The third-order valence-electron chi connectivity index (χ3n) is 3.81. The van der Waals surface area contributed by atoms with Crippen molar-refractivity contribution in [3.63, 3.8) is 0 Å². The summed E-state index contributed by atoms with van der Waals surface area (Å²) in [5.41, 5.74) is -0.210. The zero-order valence-electron chi connectivity index (χ0n) is 13.3. The Bertz CT molecular complexity index is 463. The third kappa shape index (κ3) is 4.43. The maximum Gasteiger partial charge on any atom is 0.330 e. The minimum absolute atomic E-state index is 0.338. The predicted octanol–water partition coefficient (Wildman–Crippen LogP) is 2.66. The highest BCUT2D eigenvalue weighted by atomic mass is 35.5. The topological polar surface area (TPSA) is 41.6 Å². The number of nitrogens with one attached hydrogen (secondary N) is 1. The largest absolute Gasteiger partial charge is 0.467 e. The second kappa shape index (κ2) is 8.37. The quantitative estimate of drug-likeness (QED) is 0.749. The number of esters is 1. The van der Waals surface area contributed by atoms with Gasteiger partial charge in [0.1, 0.15) is 5.54 Å². The first-order valence-corrected chi connectivity index (χ1v) is 7.68. The Morgan fingerprint density at radius 2 is 1.95 bits per heavy atom. The fourth-order valence-electron chi connectivity index (χ4n) is 2.35. The summed E-state index contributed by atoms with van der Waals surface area (Å²) < 4.78 is 4.96. The lowest BCUT2D eigenvalue weighted by Crippen LogP contribution is -2.50. The number of halogens is 1. The second-order valence-corrected chi connectivity index (χ2v) is 5.46. The van der Waals surface area contributed by atoms with Gasteiger partial charge in [-0.1, -0.05) is 43.6 Å². The predicted molar refractivity (Wildman–Crippen MR) is 86.6 cm³/mol. The molecular weight excluding hydrogens is 288 g/mol. The summed E-state index contributed by atoms with van der Waals surface area (Å²) in [4.78, 5) is 14.5. The van der Waals surface area contributed by atoms with E-state index in [1.165, 1.54) is 7.11 Å². The first-order valence-electron chi connectivity index (χ1n) is 7.30. The highest BCUT2D eigenvalue weighted by Crippen LogP contribution is 2.28. The molecule has 0 aliphatic rings. The molecule has 1 rings (SSSR count). The van der Waals surface area contributed by atoms with Crippen LogP contribution in [0.5, 0.6) is 0 Å². The minimum atomic E-state index is -0.944. The molecule has 0 heterocycles. The van der Waals surface area contributed by atoms with E-state index in [2.05, 4.69) is 24.1 Å². The molecule has 1 atom stereocenters. The van der Waals surface area contributed by atoms with Crippen molar-refractivity contribution in [1.82, 2.24) is 10.2 Å². The number of benzene rings is 1. The van der Waals surface area contributed by atoms with Crippen molar-refractivity contribution in [3.05, 3.63) is 34.9 Å². The number of rotatable bonds is 8. The number of likely N-dealkylation sites (N-methyl/N-ethyl adjacent to an activating group) is 1. The van der Waals surface area contributed by atoms with Crippen molar-refractivity contribution in [2.45, 2.75) is 26.3 Å². The van der Waals surface area contributed by atoms with Gasteiger partial charge in [-0.15, -0.1) is 0 Å². The van der Waals surface area contributed by atoms with Crippen LogP contribution in [-0.2, 0) is 15.1 Å². The van der Waals surface area contributed by atoms with Crippen LogP contribution in [0.2, 0.25) is 5.02 Å². The molecule has 0 spiro atoms. The first-order chi connectivity index (χ1) is 9.99. The van der Waals surface area contributed by atoms with Gasteiger partial charge in [0.25, 0.3) is 0 Å². The molecule has 1 unspecified atom stereocenters. The van der Waals surface area contributed by atoms with Crippen molar-refractivity contribution in [2.75, 3.05) is 33.3 Å². The minimum Gasteiger partial charge on any atom is -0.467 e. The molecule has 0 amide bonds. The first kappa shape index (κ1) is 18.0. The molecule has 1 N–H and O–H groups in total. The van der Waals surface area contributed by atoms with Crippen LogP contribution >= 0.6 is 11.6 Å². The van der Waals surface area contributed by atoms with Gasteiger partial charge in [0.2, 0.25) is 0 Å². The molecule has 1 aromatic rings. The van der Waals surface area contributed by atoms with Gasteiger partial charge >= 0.3 is 5.97 Å². The van der Waals surface area contributed by atoms with Crippen molar-refractivity contribution in [3.8, 4) is 0 Å². The molecule has 0 saturated carbocycles. The van der Waals surface area contributed by atoms with Crippen LogP contribution < -0.4 is 5.32 Å². The van der Waals surface area contributed by atoms with Crippen LogP contribution in [0.15, 0.2) is 24.3 Å². The van der Waals surface area contributed by atoms with Gasteiger partial charge < -0.3 is 9.64 Å². The third-order valence-corrected chi connectivity index (χ3v) is 4.14. The SMILES string of the molecule is CCN(CC)CCNC(C)(C(=O)OC)c1ccccc1Cl. The van der Waals surface area contributed by atoms with Crippen LogP contribution in [0.1, 0.15) is 26.3 Å². The van der Waals surface area contributed by atoms with Crippen LogP contribution in [0.3, 0.4) is 0 Å². The zero-order valence-corrected chi connectivity index (χ0v) is 14.0. The Balaban J connectivity index is 2.90. The van der Waals surface area contributed by atoms with Gasteiger partial charge in [0.15, 0.2) is 0 Å². The van der Waals surface area contributed by atoms with Crippen LogP contribution in [0, 0.1) is 0 Å². The molecule has 0 bridgehead atoms. The van der Waals surface area contributed by atoms with E-state index >= 15 is 0 Å². The molecule has 5 heteroatoms. The van der Waals surface area contributed by atoms with Crippen molar-refractivity contribution < 1.29 is 9.53 Å². The van der Waals surface area contributed by atoms with Gasteiger partial charge in [-0.2, -0.15) is 0 Å². The Morgan fingerprint density at radius 1 is 1.33 bits per heavy atom. The standard InChI is InChI=1S/C16H25ClN2O2/c1-5-19(6-2)12-11-18-16(3,15(20)21-4)13-9-7-8-10-14(13)17/h7-10,18H,5-6,11-12H2,1-4H3. The molecular formula is C16H25ClN2O2. The maximum absolute atomic E-state index is 12.2. The molecule has 118 valence electrons. The molecule has 0 fully saturated rings. The van der Waals surface area contributed by atoms with Gasteiger partial charge in [-0.3, -0.25) is 5.32 Å². The van der Waals surface area contributed by atoms with E-state index in [-0.39, 0.29) is 5.97 Å². The van der Waals surface area contributed by atoms with Gasteiger partial charge in [0, 0.05) is 23.7 Å². The molecule has 21 heavy (non-hydrogen) atoms. The zero-order chi connectivity index (χ0) is 15.9. The molecule has 0 aromatic heterocycles. The molecule has 0 saturated heterocycles. The van der Waals surface area contributed by atoms with Crippen LogP contribution in [0.25, 0.3) is 0 Å². The summed E-state index contributed by atoms with van der Waals surface area (Å²) in [7, 11) is 1.39. The number of hydrogen-bond donors (Lipinski definition) is 1.